The fourth-order valence-electron chi connectivity index (χ4n) is 1.18. The minimum atomic E-state index is -3.46. The highest BCUT2D eigenvalue weighted by molar-refractivity contribution is 7.94. The Morgan fingerprint density at radius 1 is 1.29 bits per heavy atom. The van der Waals surface area contributed by atoms with Gasteiger partial charge in [-0.1, -0.05) is 24.3 Å². The molecule has 0 N–H and O–H groups in total. The molecule has 0 heterocycles. The fraction of sp³-hybridized carbons (Fsp3) is 0.250. The normalized spacial score (nSPS) is 11.6. The second-order valence-corrected chi connectivity index (χ2v) is 5.07. The maximum absolute atomic E-state index is 11.7. The van der Waals surface area contributed by atoms with E-state index in [1.165, 1.54) is 18.2 Å². The third-order valence-corrected chi connectivity index (χ3v) is 3.42. The molecule has 1 aromatic carbocycles. The molecule has 0 saturated carbocycles. The number of ether oxygens (including phenoxy) is 1. The summed E-state index contributed by atoms with van der Waals surface area (Å²) in [5.74, 6) is -0.438. The average molecular weight is 254 g/mol. The van der Waals surface area contributed by atoms with Gasteiger partial charge in [-0.05, 0) is 19.1 Å². The third kappa shape index (κ3) is 4.40. The Balaban J connectivity index is 2.68. The number of carbonyl (C=O) groups excluding carboxylic acids is 1. The lowest BCUT2D eigenvalue weighted by atomic mass is 10.4. The molecule has 17 heavy (non-hydrogen) atoms. The van der Waals surface area contributed by atoms with Crippen LogP contribution in [0.3, 0.4) is 0 Å². The minimum Gasteiger partial charge on any atom is -0.466 e. The van der Waals surface area contributed by atoms with E-state index < -0.39 is 15.8 Å². The van der Waals surface area contributed by atoms with Crippen LogP contribution in [-0.4, -0.2) is 21.0 Å². The molecule has 0 atom stereocenters. The van der Waals surface area contributed by atoms with Crippen LogP contribution < -0.4 is 0 Å². The molecule has 0 radical (unpaired) electrons. The Kier molecular flexibility index (Phi) is 4.90. The van der Waals surface area contributed by atoms with Gasteiger partial charge in [-0.25, -0.2) is 8.42 Å². The number of benzene rings is 1. The van der Waals surface area contributed by atoms with Gasteiger partial charge in [0.15, 0.2) is 9.84 Å². The van der Waals surface area contributed by atoms with Gasteiger partial charge in [-0.3, -0.25) is 4.79 Å². The Bertz CT molecular complexity index is 488. The van der Waals surface area contributed by atoms with Gasteiger partial charge >= 0.3 is 5.97 Å². The number of hydrogen-bond donors (Lipinski definition) is 0. The van der Waals surface area contributed by atoms with E-state index in [0.717, 1.165) is 5.41 Å². The Hall–Kier alpha value is -1.62. The maximum Gasteiger partial charge on any atom is 0.309 e. The zero-order valence-corrected chi connectivity index (χ0v) is 10.3. The van der Waals surface area contributed by atoms with Crippen LogP contribution >= 0.6 is 0 Å². The van der Waals surface area contributed by atoms with E-state index in [-0.39, 0.29) is 17.9 Å². The molecule has 92 valence electrons. The summed E-state index contributed by atoms with van der Waals surface area (Å²) in [6, 6.07) is 8.04. The van der Waals surface area contributed by atoms with E-state index in [9.17, 15) is 13.2 Å². The lowest BCUT2D eigenvalue weighted by Gasteiger charge is -1.98. The van der Waals surface area contributed by atoms with Crippen molar-refractivity contribution in [2.45, 2.75) is 18.2 Å². The molecule has 1 rings (SSSR count). The van der Waals surface area contributed by atoms with Gasteiger partial charge in [0, 0.05) is 5.41 Å². The summed E-state index contributed by atoms with van der Waals surface area (Å²) in [4.78, 5) is 11.2. The fourth-order valence-corrected chi connectivity index (χ4v) is 2.22. The topological polar surface area (TPSA) is 60.4 Å². The monoisotopic (exact) mass is 254 g/mol. The molecule has 5 heteroatoms. The highest BCUT2D eigenvalue weighted by Crippen LogP contribution is 2.11. The molecule has 0 aliphatic rings. The molecule has 1 aromatic rings. The van der Waals surface area contributed by atoms with Crippen molar-refractivity contribution in [1.82, 2.24) is 0 Å². The summed E-state index contributed by atoms with van der Waals surface area (Å²) in [5.41, 5.74) is 0. The largest absolute Gasteiger partial charge is 0.466 e. The highest BCUT2D eigenvalue weighted by atomic mass is 32.2. The van der Waals surface area contributed by atoms with Crippen molar-refractivity contribution < 1.29 is 17.9 Å². The second kappa shape index (κ2) is 6.20. The van der Waals surface area contributed by atoms with Crippen LogP contribution in [0.15, 0.2) is 46.7 Å². The number of hydrogen-bond acceptors (Lipinski definition) is 4. The number of carbonyl (C=O) groups is 1. The Morgan fingerprint density at radius 2 is 1.94 bits per heavy atom. The Labute approximate surface area is 101 Å². The zero-order valence-electron chi connectivity index (χ0n) is 9.50. The molecule has 0 saturated heterocycles. The molecule has 0 bridgehead atoms. The highest BCUT2D eigenvalue weighted by Gasteiger charge is 2.09. The first-order valence-electron chi connectivity index (χ1n) is 5.18. The van der Waals surface area contributed by atoms with Crippen LogP contribution in [0.1, 0.15) is 13.3 Å². The number of rotatable bonds is 5. The van der Waals surface area contributed by atoms with Crippen molar-refractivity contribution >= 4 is 15.8 Å². The predicted octanol–water partition coefficient (Wildman–Crippen LogP) is 1.93. The van der Waals surface area contributed by atoms with E-state index in [0.29, 0.717) is 0 Å². The summed E-state index contributed by atoms with van der Waals surface area (Å²) in [7, 11) is -3.46. The average Bonchev–Trinajstić information content (AvgIpc) is 2.30. The van der Waals surface area contributed by atoms with Crippen molar-refractivity contribution in [2.75, 3.05) is 6.61 Å². The summed E-state index contributed by atoms with van der Waals surface area (Å²) >= 11 is 0. The molecule has 0 amide bonds. The summed E-state index contributed by atoms with van der Waals surface area (Å²) in [6.45, 7) is 1.99. The SMILES string of the molecule is CCOC(=O)C/C=C/S(=O)(=O)c1ccccc1. The lowest BCUT2D eigenvalue weighted by Crippen LogP contribution is -2.02. The molecule has 0 aliphatic carbocycles. The molecular weight excluding hydrogens is 240 g/mol. The minimum absolute atomic E-state index is 0.0418. The van der Waals surface area contributed by atoms with Crippen molar-refractivity contribution in [3.63, 3.8) is 0 Å². The van der Waals surface area contributed by atoms with Crippen LogP contribution in [0.25, 0.3) is 0 Å². The van der Waals surface area contributed by atoms with E-state index >= 15 is 0 Å². The van der Waals surface area contributed by atoms with Crippen LogP contribution in [0.5, 0.6) is 0 Å². The summed E-state index contributed by atoms with van der Waals surface area (Å²) in [6.07, 6.45) is 1.25. The lowest BCUT2D eigenvalue weighted by molar-refractivity contribution is -0.142. The quantitative estimate of drug-likeness (QED) is 0.753. The standard InChI is InChI=1S/C12H14O4S/c1-2-16-12(13)9-6-10-17(14,15)11-7-4-3-5-8-11/h3-8,10H,2,9H2,1H3/b10-6+. The van der Waals surface area contributed by atoms with Crippen molar-refractivity contribution in [2.24, 2.45) is 0 Å². The van der Waals surface area contributed by atoms with Gasteiger partial charge in [-0.2, -0.15) is 0 Å². The van der Waals surface area contributed by atoms with E-state index in [1.807, 2.05) is 0 Å². The first-order valence-corrected chi connectivity index (χ1v) is 6.73. The number of esters is 1. The second-order valence-electron chi connectivity index (χ2n) is 3.24. The summed E-state index contributed by atoms with van der Waals surface area (Å²) in [5, 5.41) is 1.03. The smallest absolute Gasteiger partial charge is 0.309 e. The van der Waals surface area contributed by atoms with Gasteiger partial charge in [0.1, 0.15) is 0 Å². The van der Waals surface area contributed by atoms with E-state index in [2.05, 4.69) is 4.74 Å². The van der Waals surface area contributed by atoms with Crippen LogP contribution in [0.4, 0.5) is 0 Å². The maximum atomic E-state index is 11.7. The van der Waals surface area contributed by atoms with Crippen LogP contribution in [0.2, 0.25) is 0 Å². The molecular formula is C12H14O4S. The molecule has 0 aliphatic heterocycles. The van der Waals surface area contributed by atoms with Gasteiger partial charge in [0.2, 0.25) is 0 Å². The number of sulfone groups is 1. The molecule has 0 spiro atoms. The molecule has 4 nitrogen and oxygen atoms in total. The van der Waals surface area contributed by atoms with Crippen LogP contribution in [0, 0.1) is 0 Å². The van der Waals surface area contributed by atoms with E-state index in [4.69, 9.17) is 0 Å². The summed E-state index contributed by atoms with van der Waals surface area (Å²) < 4.78 is 28.1. The first kappa shape index (κ1) is 13.4. The van der Waals surface area contributed by atoms with Crippen LogP contribution in [-0.2, 0) is 19.4 Å². The molecule has 0 fully saturated rings. The zero-order chi connectivity index (χ0) is 12.7. The van der Waals surface area contributed by atoms with E-state index in [1.54, 1.807) is 25.1 Å². The van der Waals surface area contributed by atoms with Crippen molar-refractivity contribution in [1.29, 1.82) is 0 Å². The van der Waals surface area contributed by atoms with Gasteiger partial charge in [0.25, 0.3) is 0 Å². The third-order valence-electron chi connectivity index (χ3n) is 1.94. The Morgan fingerprint density at radius 3 is 2.53 bits per heavy atom. The van der Waals surface area contributed by atoms with Gasteiger partial charge in [-0.15, -0.1) is 0 Å². The predicted molar refractivity (Wildman–Crippen MR) is 64.0 cm³/mol. The van der Waals surface area contributed by atoms with Gasteiger partial charge < -0.3 is 4.74 Å². The van der Waals surface area contributed by atoms with Gasteiger partial charge in [0.05, 0.1) is 17.9 Å². The molecule has 0 unspecified atom stereocenters. The van der Waals surface area contributed by atoms with Crippen molar-refractivity contribution in [3.8, 4) is 0 Å². The molecule has 0 aromatic heterocycles. The first-order chi connectivity index (χ1) is 8.06. The van der Waals surface area contributed by atoms with Crippen molar-refractivity contribution in [3.05, 3.63) is 41.8 Å².